The van der Waals surface area contributed by atoms with E-state index in [2.05, 4.69) is 220 Å². The largest absolute Gasteiger partial charge is 0.456 e. The Kier molecular flexibility index (Phi) is 11.9. The number of nitrogens with zero attached hydrogens (tertiary/aromatic N) is 5. The monoisotopic (exact) mass is 1100 g/mol. The molecule has 0 unspecified atom stereocenters. The van der Waals surface area contributed by atoms with E-state index in [1.807, 2.05) is 50.4 Å². The molecule has 0 bridgehead atoms. The maximum Gasteiger partial charge on any atom is 0.216 e. The first-order valence-corrected chi connectivity index (χ1v) is 28.3. The summed E-state index contributed by atoms with van der Waals surface area (Å²) >= 11 is 0. The van der Waals surface area contributed by atoms with Gasteiger partial charge in [0, 0.05) is 37.0 Å². The molecule has 8 aromatic carbocycles. The van der Waals surface area contributed by atoms with Crippen molar-refractivity contribution in [3.8, 4) is 44.9 Å². The predicted molar refractivity (Wildman–Crippen MR) is 343 cm³/mol. The Morgan fingerprint density at radius 1 is 0.333 bits per heavy atom. The van der Waals surface area contributed by atoms with Crippen molar-refractivity contribution in [2.45, 2.75) is 41.5 Å². The van der Waals surface area contributed by atoms with Gasteiger partial charge in [-0.25, -0.2) is 23.7 Å². The highest BCUT2D eigenvalue weighted by Gasteiger charge is 2.23. The summed E-state index contributed by atoms with van der Waals surface area (Å²) in [6, 6.07) is 66.4. The van der Waals surface area contributed by atoms with Crippen molar-refractivity contribution in [3.63, 3.8) is 0 Å². The molecule has 0 fully saturated rings. The van der Waals surface area contributed by atoms with Crippen LogP contribution in [0.3, 0.4) is 0 Å². The van der Waals surface area contributed by atoms with Gasteiger partial charge in [-0.2, -0.15) is 0 Å². The van der Waals surface area contributed by atoms with E-state index in [1.165, 1.54) is 49.9 Å². The van der Waals surface area contributed by atoms with Crippen LogP contribution in [-0.2, 0) is 21.1 Å². The minimum Gasteiger partial charge on any atom is -0.456 e. The zero-order valence-electron chi connectivity index (χ0n) is 51.2. The van der Waals surface area contributed by atoms with Gasteiger partial charge in [-0.1, -0.05) is 126 Å². The molecule has 0 spiro atoms. The van der Waals surface area contributed by atoms with Crippen molar-refractivity contribution >= 4 is 98.7 Å². The standard InChI is InChI=1S/C30H24NO.C24H21N2O.C22H17N2O/c1-19-9-12-25(20(2)13-19)28-17-30-27(18-31(28)3)26-15-23-11-10-22(21-7-5-4-6-8-21)14-24(23)16-29(26)32-30;1-14-5-7-18(16(3)9-14)21-12-22-19(13-26(21)4)24-23(27-22)11-17-10-15(2)6-8-20(17)25-24;1-14-7-3-5-9-16(14)19-12-20-17(13-24(19)2)22-21(25-20)11-15-8-4-6-10-18(15)23-22/h4-18H,1-3H3;5-13H,1-4H3;3-13H,1-2H3/q3*+1/i1D3;;. The number of hydrogen-bond donors (Lipinski definition) is 0. The van der Waals surface area contributed by atoms with Crippen LogP contribution in [0.2, 0.25) is 0 Å². The molecule has 8 nitrogen and oxygen atoms in total. The zero-order chi connectivity index (χ0) is 60.0. The molecular formula is C76H62N5O3+3. The molecule has 8 heteroatoms. The molecule has 8 aromatic heterocycles. The highest BCUT2D eigenvalue weighted by molar-refractivity contribution is 6.11. The predicted octanol–water partition coefficient (Wildman–Crippen LogP) is 18.0. The molecule has 0 aliphatic heterocycles. The molecule has 16 rings (SSSR count). The van der Waals surface area contributed by atoms with Crippen LogP contribution >= 0.6 is 0 Å². The van der Waals surface area contributed by atoms with Gasteiger partial charge in [0.05, 0.1) is 34.6 Å². The number of fused-ring (bicyclic) bond motifs is 12. The third-order valence-electron chi connectivity index (χ3n) is 16.4. The van der Waals surface area contributed by atoms with Crippen molar-refractivity contribution < 1.29 is 31.1 Å². The fraction of sp³-hybridized carbons (Fsp3) is 0.118. The SMILES string of the molecule is Cc1ccc(-c2cc3oc4cc5cc(C)ccc5nc4c3c[n+]2C)c(C)c1.Cc1ccccc1-c1cc2oc3cc4ccccc4nc3c2c[n+]1C.[2H]C([2H])([2H])c1ccc(-c2cc3oc4cc5cc(-c6ccccc6)ccc5cc4c3c[n+]2C)c(C)c1. The Labute approximate surface area is 491 Å². The second kappa shape index (κ2) is 20.6. The zero-order valence-corrected chi connectivity index (χ0v) is 48.2. The lowest BCUT2D eigenvalue weighted by Gasteiger charge is -2.05. The third kappa shape index (κ3) is 9.35. The summed E-state index contributed by atoms with van der Waals surface area (Å²) in [6.07, 6.45) is 6.34. The van der Waals surface area contributed by atoms with Crippen molar-refractivity contribution in [1.82, 2.24) is 9.97 Å². The average Bonchev–Trinajstić information content (AvgIpc) is 1.73. The second-order valence-electron chi connectivity index (χ2n) is 22.4. The average molecular weight is 1100 g/mol. The lowest BCUT2D eigenvalue weighted by atomic mass is 9.99. The Hall–Kier alpha value is -10.3. The Morgan fingerprint density at radius 2 is 0.833 bits per heavy atom. The number of para-hydroxylation sites is 1. The van der Waals surface area contributed by atoms with Gasteiger partial charge >= 0.3 is 0 Å². The topological polar surface area (TPSA) is 76.8 Å². The van der Waals surface area contributed by atoms with Gasteiger partial charge in [-0.3, -0.25) is 0 Å². The van der Waals surface area contributed by atoms with E-state index in [9.17, 15) is 0 Å². The highest BCUT2D eigenvalue weighted by atomic mass is 16.3. The molecule has 0 aliphatic carbocycles. The van der Waals surface area contributed by atoms with E-state index in [0.717, 1.165) is 121 Å². The quantitative estimate of drug-likeness (QED) is 0.164. The van der Waals surface area contributed by atoms with E-state index >= 15 is 0 Å². The van der Waals surface area contributed by atoms with Crippen LogP contribution in [0.5, 0.6) is 0 Å². The summed E-state index contributed by atoms with van der Waals surface area (Å²) in [4.78, 5) is 9.69. The van der Waals surface area contributed by atoms with Crippen LogP contribution in [0.15, 0.2) is 226 Å². The smallest absolute Gasteiger partial charge is 0.216 e. The molecule has 406 valence electrons. The lowest BCUT2D eigenvalue weighted by molar-refractivity contribution is -0.659. The number of hydrogen-bond acceptors (Lipinski definition) is 5. The number of rotatable bonds is 4. The van der Waals surface area contributed by atoms with Gasteiger partial charge < -0.3 is 13.3 Å². The molecule has 16 aromatic rings. The van der Waals surface area contributed by atoms with Gasteiger partial charge in [0.25, 0.3) is 0 Å². The molecule has 0 atom stereocenters. The van der Waals surface area contributed by atoms with Crippen molar-refractivity contribution in [1.29, 1.82) is 0 Å². The van der Waals surface area contributed by atoms with Crippen molar-refractivity contribution in [2.75, 3.05) is 0 Å². The van der Waals surface area contributed by atoms with Gasteiger partial charge in [0.15, 0.2) is 29.8 Å². The normalized spacial score (nSPS) is 12.3. The Balaban J connectivity index is 0.000000117. The van der Waals surface area contributed by atoms with Crippen LogP contribution in [0, 0.1) is 41.5 Å². The molecule has 84 heavy (non-hydrogen) atoms. The third-order valence-corrected chi connectivity index (χ3v) is 16.4. The fourth-order valence-corrected chi connectivity index (χ4v) is 12.1. The van der Waals surface area contributed by atoms with Crippen molar-refractivity contribution in [3.05, 3.63) is 246 Å². The summed E-state index contributed by atoms with van der Waals surface area (Å²) in [5.74, 6) is 0. The maximum absolute atomic E-state index is 7.69. The van der Waals surface area contributed by atoms with Crippen LogP contribution in [0.4, 0.5) is 0 Å². The number of benzene rings is 8. The second-order valence-corrected chi connectivity index (χ2v) is 22.4. The van der Waals surface area contributed by atoms with Gasteiger partial charge in [-0.15, -0.1) is 0 Å². The van der Waals surface area contributed by atoms with E-state index in [0.29, 0.717) is 5.56 Å². The summed E-state index contributed by atoms with van der Waals surface area (Å²) in [6.45, 7) is 8.34. The van der Waals surface area contributed by atoms with E-state index in [4.69, 9.17) is 27.3 Å². The number of aryl methyl sites for hydroxylation is 9. The van der Waals surface area contributed by atoms with Gasteiger partial charge in [-0.05, 0) is 147 Å². The molecule has 0 radical (unpaired) electrons. The van der Waals surface area contributed by atoms with Gasteiger partial charge in [0.1, 0.15) is 65.3 Å². The maximum atomic E-state index is 7.69. The number of furan rings is 3. The summed E-state index contributed by atoms with van der Waals surface area (Å²) < 4.78 is 48.2. The van der Waals surface area contributed by atoms with Crippen LogP contribution in [0.1, 0.15) is 37.5 Å². The molecule has 0 saturated heterocycles. The molecule has 8 heterocycles. The molecule has 0 N–H and O–H groups in total. The molecule has 0 aliphatic rings. The number of pyridine rings is 5. The lowest BCUT2D eigenvalue weighted by Crippen LogP contribution is -2.30. The molecule has 0 amide bonds. The first-order chi connectivity index (χ1) is 42.0. The van der Waals surface area contributed by atoms with E-state index < -0.39 is 6.85 Å². The van der Waals surface area contributed by atoms with Crippen LogP contribution in [0.25, 0.3) is 144 Å². The first-order valence-electron chi connectivity index (χ1n) is 29.8. The first kappa shape index (κ1) is 48.4. The Bertz CT molecular complexity index is 5450. The fourth-order valence-electron chi connectivity index (χ4n) is 12.1. The van der Waals surface area contributed by atoms with Crippen LogP contribution < -0.4 is 13.7 Å². The Morgan fingerprint density at radius 3 is 1.49 bits per heavy atom. The van der Waals surface area contributed by atoms with E-state index in [-0.39, 0.29) is 0 Å². The highest BCUT2D eigenvalue weighted by Crippen LogP contribution is 2.37. The number of aromatic nitrogens is 5. The van der Waals surface area contributed by atoms with Crippen LogP contribution in [-0.4, -0.2) is 9.97 Å². The minimum atomic E-state index is -2.11. The molecule has 0 saturated carbocycles. The van der Waals surface area contributed by atoms with E-state index in [1.54, 1.807) is 12.1 Å². The van der Waals surface area contributed by atoms with Crippen molar-refractivity contribution in [2.24, 2.45) is 21.1 Å². The van der Waals surface area contributed by atoms with Gasteiger partial charge in [0.2, 0.25) is 17.1 Å². The summed E-state index contributed by atoms with van der Waals surface area (Å²) in [5, 5.41) is 8.73. The minimum absolute atomic E-state index is 0.354. The molecular weight excluding hydrogens is 1030 g/mol. The summed E-state index contributed by atoms with van der Waals surface area (Å²) in [7, 11) is 6.16. The summed E-state index contributed by atoms with van der Waals surface area (Å²) in [5.41, 5.74) is 24.2.